The molecule has 2 aromatic rings. The van der Waals surface area contributed by atoms with Gasteiger partial charge in [-0.15, -0.1) is 0 Å². The minimum atomic E-state index is 0.485. The molecule has 5 heteroatoms. The van der Waals surface area contributed by atoms with Gasteiger partial charge in [-0.3, -0.25) is 0 Å². The van der Waals surface area contributed by atoms with Gasteiger partial charge in [0.15, 0.2) is 11.5 Å². The Hall–Kier alpha value is -0.780. The molecule has 0 aliphatic rings. The van der Waals surface area contributed by atoms with Gasteiger partial charge in [0.05, 0.1) is 15.0 Å². The van der Waals surface area contributed by atoms with Crippen molar-refractivity contribution in [3.63, 3.8) is 0 Å². The third-order valence-electron chi connectivity index (χ3n) is 2.80. The van der Waals surface area contributed by atoms with Gasteiger partial charge in [0.2, 0.25) is 0 Å². The fourth-order valence-electron chi connectivity index (χ4n) is 1.81. The molecule has 21 heavy (non-hydrogen) atoms. The summed E-state index contributed by atoms with van der Waals surface area (Å²) >= 11 is 10.3. The van der Waals surface area contributed by atoms with Crippen LogP contribution in [0.4, 0.5) is 0 Å². The lowest BCUT2D eigenvalue weighted by molar-refractivity contribution is 0.282. The highest BCUT2D eigenvalue weighted by atomic mass is 79.9. The van der Waals surface area contributed by atoms with Crippen LogP contribution in [0.15, 0.2) is 50.3 Å². The van der Waals surface area contributed by atoms with Crippen molar-refractivity contribution in [1.29, 1.82) is 0 Å². The van der Waals surface area contributed by atoms with Crippen molar-refractivity contribution < 1.29 is 9.47 Å². The fraction of sp³-hybridized carbons (Fsp3) is 0.125. The number of ether oxygens (including phenoxy) is 2. The Morgan fingerprint density at radius 3 is 2.43 bits per heavy atom. The average molecular weight is 477 g/mol. The molecule has 0 amide bonds. The largest absolute Gasteiger partial charge is 0.493 e. The van der Waals surface area contributed by atoms with Crippen LogP contribution in [-0.2, 0) is 6.61 Å². The van der Waals surface area contributed by atoms with Gasteiger partial charge < -0.3 is 9.47 Å². The molecule has 2 aromatic carbocycles. The number of halogens is 3. The Balaban J connectivity index is 2.30. The Morgan fingerprint density at radius 2 is 1.81 bits per heavy atom. The molecule has 0 N–H and O–H groups in total. The summed E-state index contributed by atoms with van der Waals surface area (Å²) in [5, 5.41) is 0. The Kier molecular flexibility index (Phi) is 6.33. The third kappa shape index (κ3) is 4.59. The first-order valence-electron chi connectivity index (χ1n) is 6.17. The monoisotopic (exact) mass is 474 g/mol. The van der Waals surface area contributed by atoms with E-state index < -0.39 is 0 Å². The van der Waals surface area contributed by atoms with Crippen LogP contribution in [0.1, 0.15) is 11.1 Å². The summed E-state index contributed by atoms with van der Waals surface area (Å²) < 4.78 is 13.0. The van der Waals surface area contributed by atoms with Crippen molar-refractivity contribution in [2.75, 3.05) is 7.11 Å². The van der Waals surface area contributed by atoms with Gasteiger partial charge in [-0.25, -0.2) is 0 Å². The summed E-state index contributed by atoms with van der Waals surface area (Å²) in [6, 6.07) is 13.9. The topological polar surface area (TPSA) is 18.5 Å². The van der Waals surface area contributed by atoms with E-state index in [0.29, 0.717) is 18.1 Å². The van der Waals surface area contributed by atoms with E-state index >= 15 is 0 Å². The van der Waals surface area contributed by atoms with E-state index in [-0.39, 0.29) is 0 Å². The second kappa shape index (κ2) is 8.01. The van der Waals surface area contributed by atoms with Gasteiger partial charge in [-0.2, -0.15) is 0 Å². The molecule has 0 aliphatic heterocycles. The van der Waals surface area contributed by atoms with Crippen molar-refractivity contribution in [2.45, 2.75) is 6.61 Å². The second-order valence-electron chi connectivity index (χ2n) is 4.21. The maximum Gasteiger partial charge on any atom is 0.176 e. The molecule has 2 rings (SSSR count). The molecule has 110 valence electrons. The SMILES string of the molecule is COc1ccc(C=C(Br)Br)c(Br)c1OCc1ccccc1. The van der Waals surface area contributed by atoms with E-state index in [1.165, 1.54) is 0 Å². The third-order valence-corrected chi connectivity index (χ3v) is 4.08. The van der Waals surface area contributed by atoms with Crippen molar-refractivity contribution in [3.05, 3.63) is 61.5 Å². The maximum atomic E-state index is 5.94. The van der Waals surface area contributed by atoms with Crippen LogP contribution in [0.2, 0.25) is 0 Å². The standard InChI is InChI=1S/C16H13Br3O2/c1-20-13-8-7-12(9-14(17)18)15(19)16(13)21-10-11-5-3-2-4-6-11/h2-9H,10H2,1H3. The van der Waals surface area contributed by atoms with Crippen LogP contribution in [0, 0.1) is 0 Å². The first kappa shape index (κ1) is 16.6. The van der Waals surface area contributed by atoms with Crippen LogP contribution in [0.25, 0.3) is 6.08 Å². The summed E-state index contributed by atoms with van der Waals surface area (Å²) in [6.07, 6.45) is 1.94. The lowest BCUT2D eigenvalue weighted by Gasteiger charge is -2.14. The van der Waals surface area contributed by atoms with E-state index in [9.17, 15) is 0 Å². The van der Waals surface area contributed by atoms with Gasteiger partial charge in [0, 0.05) is 0 Å². The molecule has 0 radical (unpaired) electrons. The number of methoxy groups -OCH3 is 1. The summed E-state index contributed by atoms with van der Waals surface area (Å²) in [4.78, 5) is 0. The van der Waals surface area contributed by atoms with E-state index in [4.69, 9.17) is 9.47 Å². The Bertz CT molecular complexity index is 635. The highest BCUT2D eigenvalue weighted by Gasteiger charge is 2.13. The fourth-order valence-corrected chi connectivity index (χ4v) is 2.86. The number of benzene rings is 2. The molecule has 0 atom stereocenters. The summed E-state index contributed by atoms with van der Waals surface area (Å²) in [7, 11) is 1.63. The van der Waals surface area contributed by atoms with Crippen LogP contribution < -0.4 is 9.47 Å². The lowest BCUT2D eigenvalue weighted by atomic mass is 10.2. The van der Waals surface area contributed by atoms with Crippen LogP contribution in [-0.4, -0.2) is 7.11 Å². The quantitative estimate of drug-likeness (QED) is 0.517. The molecule has 0 fully saturated rings. The normalized spacial score (nSPS) is 10.1. The smallest absolute Gasteiger partial charge is 0.176 e. The second-order valence-corrected chi connectivity index (χ2v) is 7.77. The number of hydrogen-bond acceptors (Lipinski definition) is 2. The molecule has 0 saturated carbocycles. The van der Waals surface area contributed by atoms with E-state index in [1.807, 2.05) is 48.5 Å². The van der Waals surface area contributed by atoms with Gasteiger partial charge in [-0.05, 0) is 77.1 Å². The molecule has 0 spiro atoms. The van der Waals surface area contributed by atoms with Crippen molar-refractivity contribution in [2.24, 2.45) is 0 Å². The number of rotatable bonds is 5. The highest BCUT2D eigenvalue weighted by Crippen LogP contribution is 2.39. The van der Waals surface area contributed by atoms with Crippen molar-refractivity contribution in [3.8, 4) is 11.5 Å². The average Bonchev–Trinajstić information content (AvgIpc) is 2.48. The predicted octanol–water partition coefficient (Wildman–Crippen LogP) is 6.12. The molecular weight excluding hydrogens is 464 g/mol. The number of hydrogen-bond donors (Lipinski definition) is 0. The zero-order chi connectivity index (χ0) is 15.2. The van der Waals surface area contributed by atoms with Crippen LogP contribution >= 0.6 is 47.8 Å². The lowest BCUT2D eigenvalue weighted by Crippen LogP contribution is -1.99. The van der Waals surface area contributed by atoms with E-state index in [0.717, 1.165) is 19.0 Å². The maximum absolute atomic E-state index is 5.94. The van der Waals surface area contributed by atoms with Gasteiger partial charge in [0.25, 0.3) is 0 Å². The van der Waals surface area contributed by atoms with Gasteiger partial charge in [0.1, 0.15) is 6.61 Å². The molecule has 0 aromatic heterocycles. The first-order chi connectivity index (χ1) is 10.1. The zero-order valence-electron chi connectivity index (χ0n) is 11.3. The zero-order valence-corrected chi connectivity index (χ0v) is 16.0. The first-order valence-corrected chi connectivity index (χ1v) is 8.55. The van der Waals surface area contributed by atoms with Crippen LogP contribution in [0.5, 0.6) is 11.5 Å². The summed E-state index contributed by atoms with van der Waals surface area (Å²) in [5.74, 6) is 1.39. The Labute approximate surface area is 149 Å². The molecule has 2 nitrogen and oxygen atoms in total. The Morgan fingerprint density at radius 1 is 1.10 bits per heavy atom. The van der Waals surface area contributed by atoms with Gasteiger partial charge in [-0.1, -0.05) is 30.3 Å². The highest BCUT2D eigenvalue weighted by molar-refractivity contribution is 9.28. The molecule has 0 bridgehead atoms. The minimum absolute atomic E-state index is 0.485. The molecule has 0 saturated heterocycles. The molecule has 0 heterocycles. The van der Waals surface area contributed by atoms with Crippen LogP contribution in [0.3, 0.4) is 0 Å². The molecule has 0 aliphatic carbocycles. The molecular formula is C16H13Br3O2. The summed E-state index contributed by atoms with van der Waals surface area (Å²) in [6.45, 7) is 0.485. The van der Waals surface area contributed by atoms with Gasteiger partial charge >= 0.3 is 0 Å². The molecule has 0 unspecified atom stereocenters. The van der Waals surface area contributed by atoms with E-state index in [2.05, 4.69) is 47.8 Å². The summed E-state index contributed by atoms with van der Waals surface area (Å²) in [5.41, 5.74) is 2.09. The van der Waals surface area contributed by atoms with Crippen molar-refractivity contribution in [1.82, 2.24) is 0 Å². The predicted molar refractivity (Wildman–Crippen MR) is 97.3 cm³/mol. The van der Waals surface area contributed by atoms with Crippen molar-refractivity contribution >= 4 is 53.9 Å². The minimum Gasteiger partial charge on any atom is -0.493 e. The van der Waals surface area contributed by atoms with E-state index in [1.54, 1.807) is 7.11 Å².